The van der Waals surface area contributed by atoms with Gasteiger partial charge in [0, 0.05) is 38.3 Å². The van der Waals surface area contributed by atoms with Crippen LogP contribution < -0.4 is 4.72 Å². The van der Waals surface area contributed by atoms with E-state index in [-0.39, 0.29) is 22.5 Å². The van der Waals surface area contributed by atoms with Crippen LogP contribution in [0.1, 0.15) is 30.1 Å². The molecule has 4 heterocycles. The lowest BCUT2D eigenvalue weighted by atomic mass is 9.86. The Kier molecular flexibility index (Phi) is 7.06. The van der Waals surface area contributed by atoms with Crippen molar-refractivity contribution in [3.63, 3.8) is 0 Å². The lowest BCUT2D eigenvalue weighted by Gasteiger charge is -2.33. The molecular formula is C29H32N6O5S2. The molecule has 6 rings (SSSR count). The summed E-state index contributed by atoms with van der Waals surface area (Å²) < 4.78 is 63.7. The van der Waals surface area contributed by atoms with Gasteiger partial charge in [0.25, 0.3) is 0 Å². The Morgan fingerprint density at radius 1 is 1.02 bits per heavy atom. The number of sulfonamides is 1. The summed E-state index contributed by atoms with van der Waals surface area (Å²) in [5.74, 6) is 0.114. The molecule has 1 aliphatic rings. The van der Waals surface area contributed by atoms with E-state index in [2.05, 4.69) is 19.6 Å². The Labute approximate surface area is 244 Å². The van der Waals surface area contributed by atoms with Crippen molar-refractivity contribution in [2.45, 2.75) is 30.7 Å². The third-order valence-electron chi connectivity index (χ3n) is 7.84. The molecule has 1 aliphatic heterocycles. The minimum absolute atomic E-state index is 0.0995. The third-order valence-corrected chi connectivity index (χ3v) is 9.56. The smallest absolute Gasteiger partial charge is 0.229 e. The van der Waals surface area contributed by atoms with Crippen LogP contribution in [0.5, 0.6) is 0 Å². The van der Waals surface area contributed by atoms with Gasteiger partial charge >= 0.3 is 0 Å². The van der Waals surface area contributed by atoms with Crippen LogP contribution >= 0.6 is 0 Å². The molecule has 1 atom stereocenters. The second-order valence-corrected chi connectivity index (χ2v) is 14.6. The molecule has 0 spiro atoms. The summed E-state index contributed by atoms with van der Waals surface area (Å²) in [4.78, 5) is 4.96. The fourth-order valence-corrected chi connectivity index (χ4v) is 7.61. The van der Waals surface area contributed by atoms with E-state index in [1.165, 1.54) is 18.4 Å². The van der Waals surface area contributed by atoms with Gasteiger partial charge in [-0.25, -0.2) is 21.5 Å². The zero-order chi connectivity index (χ0) is 29.8. The number of hydrogen-bond acceptors (Lipinski definition) is 8. The van der Waals surface area contributed by atoms with Crippen molar-refractivity contribution >= 4 is 47.5 Å². The molecule has 0 bridgehead atoms. The number of pyridine rings is 1. The molecule has 11 nitrogen and oxygen atoms in total. The molecule has 0 amide bonds. The molecule has 0 radical (unpaired) electrons. The number of anilines is 1. The molecule has 1 saturated heterocycles. The maximum atomic E-state index is 13.3. The molecule has 3 aromatic heterocycles. The van der Waals surface area contributed by atoms with Crippen LogP contribution in [0.4, 0.5) is 5.69 Å². The van der Waals surface area contributed by atoms with Gasteiger partial charge in [-0.05, 0) is 49.4 Å². The first-order valence-electron chi connectivity index (χ1n) is 13.6. The first kappa shape index (κ1) is 28.3. The second-order valence-electron chi connectivity index (χ2n) is 10.9. The number of aromatic nitrogens is 5. The minimum atomic E-state index is -3.75. The van der Waals surface area contributed by atoms with Crippen molar-refractivity contribution in [3.05, 3.63) is 66.0 Å². The van der Waals surface area contributed by atoms with Gasteiger partial charge in [-0.2, -0.15) is 0 Å². The maximum absolute atomic E-state index is 13.3. The standard InChI is InChI=1S/C29H32N6O5S2/c1-18-27(34(2)33-31-18)21-16-23-26(30-17-21)25-22(32-42(4,38)39)10-11-24(41(3,36)37)29(25)35(23)28(19-8-6-5-7-9-19)20-12-14-40-15-13-20/h5-11,16-17,20,28,32H,12-15H2,1-4H3/t28-/m1/s1. The number of rotatable bonds is 7. The number of fused-ring (bicyclic) bond motifs is 3. The van der Waals surface area contributed by atoms with Crippen LogP contribution in [0.3, 0.4) is 0 Å². The van der Waals surface area contributed by atoms with E-state index in [0.29, 0.717) is 35.2 Å². The lowest BCUT2D eigenvalue weighted by Crippen LogP contribution is -2.27. The molecule has 0 unspecified atom stereocenters. The third kappa shape index (κ3) is 5.05. The number of nitrogens with one attached hydrogen (secondary N) is 1. The van der Waals surface area contributed by atoms with Gasteiger partial charge in [0.15, 0.2) is 9.84 Å². The largest absolute Gasteiger partial charge is 0.381 e. The summed E-state index contributed by atoms with van der Waals surface area (Å²) in [6, 6.07) is 14.6. The highest BCUT2D eigenvalue weighted by atomic mass is 32.2. The SMILES string of the molecule is Cc1nnn(C)c1-c1cnc2c3c(NS(C)(=O)=O)ccc(S(C)(=O)=O)c3n([C@H](c3ccccc3)C3CCOCC3)c2c1. The molecule has 5 aromatic rings. The monoisotopic (exact) mass is 608 g/mol. The van der Waals surface area contributed by atoms with Crippen LogP contribution in [0.25, 0.3) is 33.2 Å². The summed E-state index contributed by atoms with van der Waals surface area (Å²) in [5, 5.41) is 8.79. The van der Waals surface area contributed by atoms with Crippen molar-refractivity contribution in [2.24, 2.45) is 13.0 Å². The highest BCUT2D eigenvalue weighted by Crippen LogP contribution is 2.45. The number of hydrogen-bond donors (Lipinski definition) is 1. The van der Waals surface area contributed by atoms with E-state index >= 15 is 0 Å². The fraction of sp³-hybridized carbons (Fsp3) is 0.345. The number of sulfone groups is 1. The summed E-state index contributed by atoms with van der Waals surface area (Å²) in [6.45, 7) is 3.05. The van der Waals surface area contributed by atoms with Crippen LogP contribution in [0, 0.1) is 12.8 Å². The maximum Gasteiger partial charge on any atom is 0.229 e. The average molecular weight is 609 g/mol. The number of ether oxygens (including phenoxy) is 1. The van der Waals surface area contributed by atoms with E-state index in [4.69, 9.17) is 9.72 Å². The van der Waals surface area contributed by atoms with Crippen molar-refractivity contribution < 1.29 is 21.6 Å². The summed E-state index contributed by atoms with van der Waals surface area (Å²) in [6.07, 6.45) is 5.48. The zero-order valence-electron chi connectivity index (χ0n) is 23.8. The van der Waals surface area contributed by atoms with Crippen molar-refractivity contribution in [2.75, 3.05) is 30.4 Å². The predicted octanol–water partition coefficient (Wildman–Crippen LogP) is 4.08. The van der Waals surface area contributed by atoms with E-state index in [9.17, 15) is 16.8 Å². The topological polar surface area (TPSA) is 138 Å². The molecule has 220 valence electrons. The van der Waals surface area contributed by atoms with Crippen LogP contribution in [0.15, 0.2) is 59.6 Å². The number of nitrogens with zero attached hydrogens (tertiary/aromatic N) is 5. The molecule has 0 saturated carbocycles. The Balaban J connectivity index is 1.81. The summed E-state index contributed by atoms with van der Waals surface area (Å²) >= 11 is 0. The number of benzene rings is 2. The van der Waals surface area contributed by atoms with Crippen LogP contribution in [-0.2, 0) is 31.6 Å². The molecule has 1 N–H and O–H groups in total. The highest BCUT2D eigenvalue weighted by molar-refractivity contribution is 7.92. The minimum Gasteiger partial charge on any atom is -0.381 e. The summed E-state index contributed by atoms with van der Waals surface area (Å²) in [5.41, 5.74) is 5.11. The molecule has 42 heavy (non-hydrogen) atoms. The van der Waals surface area contributed by atoms with Gasteiger partial charge in [-0.3, -0.25) is 9.71 Å². The second kappa shape index (κ2) is 10.5. The van der Waals surface area contributed by atoms with Crippen LogP contribution in [-0.4, -0.2) is 67.1 Å². The van der Waals surface area contributed by atoms with Gasteiger partial charge < -0.3 is 9.30 Å². The quantitative estimate of drug-likeness (QED) is 0.292. The van der Waals surface area contributed by atoms with Gasteiger partial charge in [-0.1, -0.05) is 35.5 Å². The molecule has 13 heteroatoms. The molecule has 2 aromatic carbocycles. The van der Waals surface area contributed by atoms with Gasteiger partial charge in [0.05, 0.1) is 56.2 Å². The molecule has 0 aliphatic carbocycles. The van der Waals surface area contributed by atoms with E-state index in [1.54, 1.807) is 17.9 Å². The Morgan fingerprint density at radius 3 is 2.36 bits per heavy atom. The predicted molar refractivity (Wildman–Crippen MR) is 162 cm³/mol. The highest BCUT2D eigenvalue weighted by Gasteiger charge is 2.33. The fourth-order valence-electron chi connectivity index (χ4n) is 6.17. The van der Waals surface area contributed by atoms with Gasteiger partial charge in [0.2, 0.25) is 10.0 Å². The van der Waals surface area contributed by atoms with Crippen molar-refractivity contribution in [1.29, 1.82) is 0 Å². The Bertz CT molecular complexity index is 2010. The first-order valence-corrected chi connectivity index (χ1v) is 17.4. The molecular weight excluding hydrogens is 576 g/mol. The molecule has 1 fully saturated rings. The first-order chi connectivity index (χ1) is 19.9. The Morgan fingerprint density at radius 2 is 1.74 bits per heavy atom. The number of aryl methyl sites for hydroxylation is 2. The summed E-state index contributed by atoms with van der Waals surface area (Å²) in [7, 11) is -5.64. The van der Waals surface area contributed by atoms with Crippen molar-refractivity contribution in [1.82, 2.24) is 24.5 Å². The van der Waals surface area contributed by atoms with E-state index < -0.39 is 19.9 Å². The van der Waals surface area contributed by atoms with E-state index in [0.717, 1.165) is 41.6 Å². The van der Waals surface area contributed by atoms with Crippen molar-refractivity contribution in [3.8, 4) is 11.3 Å². The Hall–Kier alpha value is -3.81. The average Bonchev–Trinajstić information content (AvgIpc) is 3.45. The van der Waals surface area contributed by atoms with Gasteiger partial charge in [-0.15, -0.1) is 5.10 Å². The van der Waals surface area contributed by atoms with Crippen LogP contribution in [0.2, 0.25) is 0 Å². The normalized spacial score (nSPS) is 15.8. The van der Waals surface area contributed by atoms with E-state index in [1.807, 2.05) is 43.3 Å². The lowest BCUT2D eigenvalue weighted by molar-refractivity contribution is 0.0552. The van der Waals surface area contributed by atoms with Gasteiger partial charge in [0.1, 0.15) is 0 Å². The zero-order valence-corrected chi connectivity index (χ0v) is 25.4.